The molecule has 4 rings (SSSR count). The summed E-state index contributed by atoms with van der Waals surface area (Å²) in [5, 5.41) is -0.254. The molecule has 30 heavy (non-hydrogen) atoms. The molecule has 0 radical (unpaired) electrons. The van der Waals surface area contributed by atoms with E-state index in [9.17, 15) is 9.59 Å². The van der Waals surface area contributed by atoms with Crippen molar-refractivity contribution in [2.45, 2.75) is 20.1 Å². The monoisotopic (exact) mass is 415 g/mol. The van der Waals surface area contributed by atoms with Gasteiger partial charge in [-0.15, -0.1) is 0 Å². The third kappa shape index (κ3) is 4.63. The minimum Gasteiger partial charge on any atom is -0.488 e. The molecule has 5 heteroatoms. The highest BCUT2D eigenvalue weighted by Crippen LogP contribution is 2.35. The Labute approximate surface area is 180 Å². The smallest absolute Gasteiger partial charge is 0.293 e. The predicted molar refractivity (Wildman–Crippen MR) is 120 cm³/mol. The molecule has 0 N–H and O–H groups in total. The third-order valence-corrected chi connectivity index (χ3v) is 5.65. The first-order valence-electron chi connectivity index (χ1n) is 9.67. The minimum absolute atomic E-state index is 0.254. The molecular formula is C25H21NO3S. The van der Waals surface area contributed by atoms with Crippen LogP contribution in [-0.4, -0.2) is 16.0 Å². The van der Waals surface area contributed by atoms with E-state index in [4.69, 9.17) is 4.74 Å². The van der Waals surface area contributed by atoms with Crippen LogP contribution >= 0.6 is 11.8 Å². The lowest BCUT2D eigenvalue weighted by atomic mass is 10.1. The second-order valence-electron chi connectivity index (χ2n) is 7.07. The van der Waals surface area contributed by atoms with Crippen molar-refractivity contribution in [3.05, 3.63) is 106 Å². The van der Waals surface area contributed by atoms with Crippen molar-refractivity contribution < 1.29 is 14.3 Å². The molecule has 0 saturated carbocycles. The van der Waals surface area contributed by atoms with E-state index in [0.29, 0.717) is 17.3 Å². The van der Waals surface area contributed by atoms with Crippen LogP contribution in [0, 0.1) is 6.92 Å². The topological polar surface area (TPSA) is 46.6 Å². The molecule has 0 unspecified atom stereocenters. The van der Waals surface area contributed by atoms with Gasteiger partial charge in [0.05, 0.1) is 11.4 Å². The van der Waals surface area contributed by atoms with Crippen molar-refractivity contribution in [2.24, 2.45) is 0 Å². The summed E-state index contributed by atoms with van der Waals surface area (Å²) in [6.45, 7) is 2.69. The molecule has 1 fully saturated rings. The number of hydrogen-bond donors (Lipinski definition) is 0. The summed E-state index contributed by atoms with van der Waals surface area (Å²) in [6.07, 6.45) is 1.74. The largest absolute Gasteiger partial charge is 0.488 e. The standard InChI is InChI=1S/C25H21NO3S/c1-18-8-7-11-20(14-18)16-26-24(27)23(30-25(26)28)15-21-12-5-6-13-22(21)29-17-19-9-3-2-4-10-19/h2-15H,16-17H2,1H3/b23-15+. The number of para-hydroxylation sites is 1. The average molecular weight is 416 g/mol. The van der Waals surface area contributed by atoms with Crippen molar-refractivity contribution in [1.82, 2.24) is 4.90 Å². The number of imide groups is 1. The van der Waals surface area contributed by atoms with E-state index in [1.165, 1.54) is 4.90 Å². The summed E-state index contributed by atoms with van der Waals surface area (Å²) in [5.41, 5.74) is 3.87. The van der Waals surface area contributed by atoms with Crippen molar-refractivity contribution in [2.75, 3.05) is 0 Å². The fraction of sp³-hybridized carbons (Fsp3) is 0.120. The Kier molecular flexibility index (Phi) is 6.00. The van der Waals surface area contributed by atoms with Crippen LogP contribution in [0.25, 0.3) is 6.08 Å². The molecule has 150 valence electrons. The minimum atomic E-state index is -0.274. The van der Waals surface area contributed by atoms with E-state index in [-0.39, 0.29) is 17.7 Å². The average Bonchev–Trinajstić information content (AvgIpc) is 3.01. The van der Waals surface area contributed by atoms with Crippen LogP contribution < -0.4 is 4.74 Å². The number of aryl methyl sites for hydroxylation is 1. The van der Waals surface area contributed by atoms with Gasteiger partial charge in [0.1, 0.15) is 12.4 Å². The molecule has 1 aliphatic heterocycles. The normalized spacial score (nSPS) is 15.1. The molecule has 4 nitrogen and oxygen atoms in total. The van der Waals surface area contributed by atoms with Crippen molar-refractivity contribution >= 4 is 29.0 Å². The van der Waals surface area contributed by atoms with Crippen LogP contribution in [0.2, 0.25) is 0 Å². The second-order valence-corrected chi connectivity index (χ2v) is 8.06. The number of thioether (sulfide) groups is 1. The molecule has 0 spiro atoms. The molecule has 1 heterocycles. The maximum Gasteiger partial charge on any atom is 0.293 e. The number of ether oxygens (including phenoxy) is 1. The molecule has 0 aromatic heterocycles. The summed E-state index contributed by atoms with van der Waals surface area (Å²) < 4.78 is 5.97. The molecule has 1 aliphatic rings. The van der Waals surface area contributed by atoms with Crippen LogP contribution in [0.3, 0.4) is 0 Å². The van der Waals surface area contributed by atoms with Crippen molar-refractivity contribution in [3.8, 4) is 5.75 Å². The van der Waals surface area contributed by atoms with Crippen LogP contribution in [0.5, 0.6) is 5.75 Å². The van der Waals surface area contributed by atoms with Gasteiger partial charge in [0.15, 0.2) is 0 Å². The molecule has 0 atom stereocenters. The first-order chi connectivity index (χ1) is 14.6. The predicted octanol–water partition coefficient (Wildman–Crippen LogP) is 5.81. The Bertz CT molecular complexity index is 1110. The highest BCUT2D eigenvalue weighted by Gasteiger charge is 2.35. The summed E-state index contributed by atoms with van der Waals surface area (Å²) in [6, 6.07) is 25.3. The fourth-order valence-electron chi connectivity index (χ4n) is 3.24. The number of carbonyl (C=O) groups is 2. The Balaban J connectivity index is 1.52. The quantitative estimate of drug-likeness (QED) is 0.477. The summed E-state index contributed by atoms with van der Waals surface area (Å²) in [7, 11) is 0. The molecule has 2 amide bonds. The molecule has 0 bridgehead atoms. The molecule has 1 saturated heterocycles. The number of hydrogen-bond acceptors (Lipinski definition) is 4. The number of amides is 2. The second kappa shape index (κ2) is 9.01. The fourth-order valence-corrected chi connectivity index (χ4v) is 4.07. The van der Waals surface area contributed by atoms with Crippen LogP contribution in [0.1, 0.15) is 22.3 Å². The van der Waals surface area contributed by atoms with Gasteiger partial charge in [-0.25, -0.2) is 0 Å². The lowest BCUT2D eigenvalue weighted by molar-refractivity contribution is -0.123. The van der Waals surface area contributed by atoms with Crippen LogP contribution in [-0.2, 0) is 17.9 Å². The van der Waals surface area contributed by atoms with Gasteiger partial charge in [0, 0.05) is 5.56 Å². The Morgan fingerprint density at radius 2 is 1.63 bits per heavy atom. The van der Waals surface area contributed by atoms with E-state index in [1.54, 1.807) is 6.08 Å². The van der Waals surface area contributed by atoms with Crippen LogP contribution in [0.4, 0.5) is 4.79 Å². The molecule has 0 aliphatic carbocycles. The zero-order chi connectivity index (χ0) is 20.9. The van der Waals surface area contributed by atoms with Gasteiger partial charge in [-0.3, -0.25) is 14.5 Å². The highest BCUT2D eigenvalue weighted by molar-refractivity contribution is 8.18. The van der Waals surface area contributed by atoms with E-state index >= 15 is 0 Å². The van der Waals surface area contributed by atoms with Gasteiger partial charge in [-0.1, -0.05) is 78.4 Å². The van der Waals surface area contributed by atoms with E-state index in [0.717, 1.165) is 34.0 Å². The molecule has 3 aromatic rings. The number of nitrogens with zero attached hydrogens (tertiary/aromatic N) is 1. The zero-order valence-corrected chi connectivity index (χ0v) is 17.4. The highest BCUT2D eigenvalue weighted by atomic mass is 32.2. The number of rotatable bonds is 6. The Morgan fingerprint density at radius 3 is 2.43 bits per heavy atom. The number of benzene rings is 3. The molecular weight excluding hydrogens is 394 g/mol. The van der Waals surface area contributed by atoms with E-state index in [2.05, 4.69) is 0 Å². The van der Waals surface area contributed by atoms with Gasteiger partial charge < -0.3 is 4.74 Å². The van der Waals surface area contributed by atoms with Crippen molar-refractivity contribution in [1.29, 1.82) is 0 Å². The summed E-state index contributed by atoms with van der Waals surface area (Å²) in [5.74, 6) is 0.399. The first kappa shape index (κ1) is 20.0. The lowest BCUT2D eigenvalue weighted by Crippen LogP contribution is -2.27. The summed E-state index contributed by atoms with van der Waals surface area (Å²) >= 11 is 0.966. The SMILES string of the molecule is Cc1cccc(CN2C(=O)S/C(=C/c3ccccc3OCc3ccccc3)C2=O)c1. The Morgan fingerprint density at radius 1 is 0.900 bits per heavy atom. The Hall–Kier alpha value is -3.31. The van der Waals surface area contributed by atoms with Gasteiger partial charge in [-0.05, 0) is 42.0 Å². The lowest BCUT2D eigenvalue weighted by Gasteiger charge is -2.13. The van der Waals surface area contributed by atoms with E-state index in [1.807, 2.05) is 85.8 Å². The van der Waals surface area contributed by atoms with Gasteiger partial charge in [-0.2, -0.15) is 0 Å². The van der Waals surface area contributed by atoms with Gasteiger partial charge in [0.2, 0.25) is 0 Å². The van der Waals surface area contributed by atoms with Gasteiger partial charge in [0.25, 0.3) is 11.1 Å². The van der Waals surface area contributed by atoms with Crippen LogP contribution in [0.15, 0.2) is 83.8 Å². The van der Waals surface area contributed by atoms with Gasteiger partial charge >= 0.3 is 0 Å². The van der Waals surface area contributed by atoms with E-state index < -0.39 is 0 Å². The van der Waals surface area contributed by atoms with Crippen molar-refractivity contribution in [3.63, 3.8) is 0 Å². The maximum absolute atomic E-state index is 12.9. The third-order valence-electron chi connectivity index (χ3n) is 4.74. The summed E-state index contributed by atoms with van der Waals surface area (Å²) in [4.78, 5) is 27.0. The first-order valence-corrected chi connectivity index (χ1v) is 10.5. The zero-order valence-electron chi connectivity index (χ0n) is 16.6. The number of carbonyl (C=O) groups excluding carboxylic acids is 2. The molecule has 3 aromatic carbocycles. The maximum atomic E-state index is 12.9.